The molecular formula is C14H12F4N2. The Morgan fingerprint density at radius 3 is 1.30 bits per heavy atom. The van der Waals surface area contributed by atoms with Crippen molar-refractivity contribution >= 4 is 0 Å². The first kappa shape index (κ1) is 14.5. The Bertz CT molecular complexity index is 575. The SMILES string of the molecule is N[C@H](c1ccc(F)cc1F)[C@H](N)c1ccc(F)cc1F. The average molecular weight is 284 g/mol. The molecule has 0 amide bonds. The van der Waals surface area contributed by atoms with Gasteiger partial charge in [0.25, 0.3) is 0 Å². The van der Waals surface area contributed by atoms with E-state index < -0.39 is 35.4 Å². The van der Waals surface area contributed by atoms with Gasteiger partial charge >= 0.3 is 0 Å². The quantitative estimate of drug-likeness (QED) is 0.851. The molecule has 106 valence electrons. The van der Waals surface area contributed by atoms with E-state index in [0.29, 0.717) is 12.1 Å². The van der Waals surface area contributed by atoms with Gasteiger partial charge in [0.15, 0.2) is 0 Å². The Kier molecular flexibility index (Phi) is 4.06. The third kappa shape index (κ3) is 2.81. The van der Waals surface area contributed by atoms with Gasteiger partial charge in [-0.25, -0.2) is 17.6 Å². The van der Waals surface area contributed by atoms with Crippen LogP contribution in [0.1, 0.15) is 23.2 Å². The molecule has 2 aromatic rings. The van der Waals surface area contributed by atoms with Crippen LogP contribution in [0.2, 0.25) is 0 Å². The van der Waals surface area contributed by atoms with Crippen molar-refractivity contribution in [2.24, 2.45) is 11.5 Å². The number of nitrogens with two attached hydrogens (primary N) is 2. The number of hydrogen-bond donors (Lipinski definition) is 2. The topological polar surface area (TPSA) is 52.0 Å². The zero-order valence-electron chi connectivity index (χ0n) is 10.3. The summed E-state index contributed by atoms with van der Waals surface area (Å²) in [5.41, 5.74) is 11.5. The first-order valence-corrected chi connectivity index (χ1v) is 5.81. The van der Waals surface area contributed by atoms with Gasteiger partial charge in [-0.15, -0.1) is 0 Å². The lowest BCUT2D eigenvalue weighted by molar-refractivity contribution is 0.492. The van der Waals surface area contributed by atoms with Gasteiger partial charge in [0, 0.05) is 23.3 Å². The molecule has 0 aliphatic carbocycles. The third-order valence-corrected chi connectivity index (χ3v) is 3.03. The summed E-state index contributed by atoms with van der Waals surface area (Å²) in [5.74, 6) is -3.23. The van der Waals surface area contributed by atoms with E-state index >= 15 is 0 Å². The number of benzene rings is 2. The van der Waals surface area contributed by atoms with Crippen molar-refractivity contribution in [3.63, 3.8) is 0 Å². The predicted molar refractivity (Wildman–Crippen MR) is 66.6 cm³/mol. The molecule has 0 bridgehead atoms. The molecule has 4 N–H and O–H groups in total. The number of halogens is 4. The summed E-state index contributed by atoms with van der Waals surface area (Å²) in [7, 11) is 0. The van der Waals surface area contributed by atoms with E-state index in [0.717, 1.165) is 24.3 Å². The summed E-state index contributed by atoms with van der Waals surface area (Å²) in [6, 6.07) is 3.53. The van der Waals surface area contributed by atoms with E-state index in [1.165, 1.54) is 0 Å². The summed E-state index contributed by atoms with van der Waals surface area (Å²) in [5, 5.41) is 0. The first-order valence-electron chi connectivity index (χ1n) is 5.81. The maximum absolute atomic E-state index is 13.6. The summed E-state index contributed by atoms with van der Waals surface area (Å²) in [6.45, 7) is 0. The fourth-order valence-corrected chi connectivity index (χ4v) is 1.93. The molecular weight excluding hydrogens is 272 g/mol. The Labute approximate surface area is 113 Å². The van der Waals surface area contributed by atoms with Gasteiger partial charge in [0.1, 0.15) is 23.3 Å². The molecule has 0 heterocycles. The molecule has 0 saturated heterocycles. The van der Waals surface area contributed by atoms with Gasteiger partial charge < -0.3 is 11.5 Å². The van der Waals surface area contributed by atoms with Crippen molar-refractivity contribution in [3.8, 4) is 0 Å². The number of hydrogen-bond acceptors (Lipinski definition) is 2. The van der Waals surface area contributed by atoms with Crippen LogP contribution in [-0.2, 0) is 0 Å². The van der Waals surface area contributed by atoms with Crippen LogP contribution in [0.4, 0.5) is 17.6 Å². The minimum absolute atomic E-state index is 0.0392. The minimum Gasteiger partial charge on any atom is -0.322 e. The van der Waals surface area contributed by atoms with Gasteiger partial charge in [-0.1, -0.05) is 12.1 Å². The van der Waals surface area contributed by atoms with Gasteiger partial charge in [-0.05, 0) is 12.1 Å². The summed E-state index contributed by atoms with van der Waals surface area (Å²) in [6.07, 6.45) is 0. The van der Waals surface area contributed by atoms with Crippen LogP contribution in [0.15, 0.2) is 36.4 Å². The molecule has 0 radical (unpaired) electrons. The normalized spacial score (nSPS) is 14.1. The van der Waals surface area contributed by atoms with Crippen molar-refractivity contribution < 1.29 is 17.6 Å². The van der Waals surface area contributed by atoms with Crippen molar-refractivity contribution in [2.45, 2.75) is 12.1 Å². The van der Waals surface area contributed by atoms with E-state index in [1.54, 1.807) is 0 Å². The fourth-order valence-electron chi connectivity index (χ4n) is 1.93. The Morgan fingerprint density at radius 2 is 1.00 bits per heavy atom. The summed E-state index contributed by atoms with van der Waals surface area (Å²) in [4.78, 5) is 0. The van der Waals surface area contributed by atoms with E-state index in [1.807, 2.05) is 0 Å². The molecule has 0 spiro atoms. The highest BCUT2D eigenvalue weighted by molar-refractivity contribution is 5.29. The fraction of sp³-hybridized carbons (Fsp3) is 0.143. The van der Waals surface area contributed by atoms with Gasteiger partial charge in [0.05, 0.1) is 12.1 Å². The van der Waals surface area contributed by atoms with Crippen LogP contribution in [0.25, 0.3) is 0 Å². The smallest absolute Gasteiger partial charge is 0.130 e. The van der Waals surface area contributed by atoms with Crippen LogP contribution in [0.3, 0.4) is 0 Å². The van der Waals surface area contributed by atoms with Crippen LogP contribution >= 0.6 is 0 Å². The zero-order chi connectivity index (χ0) is 14.9. The summed E-state index contributed by atoms with van der Waals surface area (Å²) < 4.78 is 52.9. The number of rotatable bonds is 3. The summed E-state index contributed by atoms with van der Waals surface area (Å²) >= 11 is 0. The Hall–Kier alpha value is -1.92. The minimum atomic E-state index is -1.09. The maximum Gasteiger partial charge on any atom is 0.130 e. The second kappa shape index (κ2) is 5.60. The predicted octanol–water partition coefficient (Wildman–Crippen LogP) is 2.94. The third-order valence-electron chi connectivity index (χ3n) is 3.03. The molecule has 2 rings (SSSR count). The molecule has 0 aromatic heterocycles. The van der Waals surface area contributed by atoms with Gasteiger partial charge in [-0.3, -0.25) is 0 Å². The average Bonchev–Trinajstić information content (AvgIpc) is 2.37. The molecule has 2 atom stereocenters. The standard InChI is InChI=1S/C14H12F4N2/c15-7-1-3-9(11(17)5-7)13(19)14(20)10-4-2-8(16)6-12(10)18/h1-6,13-14H,19-20H2/t13-,14-/m1/s1. The lowest BCUT2D eigenvalue weighted by Gasteiger charge is -2.21. The van der Waals surface area contributed by atoms with Crippen molar-refractivity contribution in [3.05, 3.63) is 70.8 Å². The lowest BCUT2D eigenvalue weighted by atomic mass is 9.94. The Balaban J connectivity index is 2.34. The van der Waals surface area contributed by atoms with Crippen molar-refractivity contribution in [1.29, 1.82) is 0 Å². The van der Waals surface area contributed by atoms with Crippen LogP contribution in [0, 0.1) is 23.3 Å². The van der Waals surface area contributed by atoms with E-state index in [9.17, 15) is 17.6 Å². The highest BCUT2D eigenvalue weighted by atomic mass is 19.1. The molecule has 2 aromatic carbocycles. The maximum atomic E-state index is 13.6. The molecule has 0 saturated carbocycles. The second-order valence-electron chi connectivity index (χ2n) is 4.38. The van der Waals surface area contributed by atoms with Crippen molar-refractivity contribution in [2.75, 3.05) is 0 Å². The lowest BCUT2D eigenvalue weighted by Crippen LogP contribution is -2.28. The molecule has 0 aliphatic heterocycles. The van der Waals surface area contributed by atoms with Gasteiger partial charge in [0.2, 0.25) is 0 Å². The molecule has 2 nitrogen and oxygen atoms in total. The highest BCUT2D eigenvalue weighted by Crippen LogP contribution is 2.28. The molecule has 6 heteroatoms. The van der Waals surface area contributed by atoms with Crippen molar-refractivity contribution in [1.82, 2.24) is 0 Å². The first-order chi connectivity index (χ1) is 9.40. The molecule has 0 aliphatic rings. The van der Waals surface area contributed by atoms with Gasteiger partial charge in [-0.2, -0.15) is 0 Å². The largest absolute Gasteiger partial charge is 0.322 e. The van der Waals surface area contributed by atoms with Crippen LogP contribution in [0.5, 0.6) is 0 Å². The van der Waals surface area contributed by atoms with E-state index in [4.69, 9.17) is 11.5 Å². The Morgan fingerprint density at radius 1 is 0.650 bits per heavy atom. The molecule has 0 unspecified atom stereocenters. The molecule has 0 fully saturated rings. The zero-order valence-corrected chi connectivity index (χ0v) is 10.3. The molecule has 20 heavy (non-hydrogen) atoms. The monoisotopic (exact) mass is 284 g/mol. The van der Waals surface area contributed by atoms with E-state index in [2.05, 4.69) is 0 Å². The van der Waals surface area contributed by atoms with E-state index in [-0.39, 0.29) is 11.1 Å². The van der Waals surface area contributed by atoms with Crippen LogP contribution < -0.4 is 11.5 Å². The van der Waals surface area contributed by atoms with Crippen LogP contribution in [-0.4, -0.2) is 0 Å². The highest BCUT2D eigenvalue weighted by Gasteiger charge is 2.23. The second-order valence-corrected chi connectivity index (χ2v) is 4.38.